The van der Waals surface area contributed by atoms with Crippen LogP contribution in [0, 0.1) is 0 Å². The molecular formula is C11H20N4O2. The summed E-state index contributed by atoms with van der Waals surface area (Å²) in [6.45, 7) is 2.31. The summed E-state index contributed by atoms with van der Waals surface area (Å²) in [5.41, 5.74) is 0. The van der Waals surface area contributed by atoms with Crippen LogP contribution < -0.4 is 10.2 Å². The van der Waals surface area contributed by atoms with Crippen molar-refractivity contribution < 1.29 is 9.84 Å². The van der Waals surface area contributed by atoms with Crippen molar-refractivity contribution in [3.8, 4) is 0 Å². The Morgan fingerprint density at radius 2 is 2.29 bits per heavy atom. The maximum absolute atomic E-state index is 8.77. The summed E-state index contributed by atoms with van der Waals surface area (Å²) in [7, 11) is 3.60. The third-order valence-corrected chi connectivity index (χ3v) is 2.31. The molecule has 1 aromatic rings. The lowest BCUT2D eigenvalue weighted by atomic mass is 10.4. The fourth-order valence-corrected chi connectivity index (χ4v) is 1.36. The van der Waals surface area contributed by atoms with E-state index in [9.17, 15) is 0 Å². The Bertz CT molecular complexity index is 322. The molecule has 0 saturated heterocycles. The highest BCUT2D eigenvalue weighted by Gasteiger charge is 2.03. The van der Waals surface area contributed by atoms with Crippen molar-refractivity contribution in [1.82, 2.24) is 9.97 Å². The zero-order valence-corrected chi connectivity index (χ0v) is 10.4. The minimum atomic E-state index is 0.189. The molecule has 1 aromatic heterocycles. The summed E-state index contributed by atoms with van der Waals surface area (Å²) >= 11 is 0. The van der Waals surface area contributed by atoms with Gasteiger partial charge < -0.3 is 20.1 Å². The van der Waals surface area contributed by atoms with E-state index >= 15 is 0 Å². The Morgan fingerprint density at radius 1 is 1.47 bits per heavy atom. The van der Waals surface area contributed by atoms with E-state index in [0.717, 1.165) is 24.6 Å². The number of hydrogen-bond donors (Lipinski definition) is 2. The Kier molecular flexibility index (Phi) is 6.27. The first kappa shape index (κ1) is 13.7. The number of nitrogens with one attached hydrogen (secondary N) is 1. The van der Waals surface area contributed by atoms with Gasteiger partial charge in [-0.2, -0.15) is 0 Å². The van der Waals surface area contributed by atoms with Crippen LogP contribution in [0.4, 0.5) is 11.6 Å². The molecule has 6 nitrogen and oxygen atoms in total. The van der Waals surface area contributed by atoms with E-state index in [1.807, 2.05) is 18.0 Å². The standard InChI is InChI=1S/C11H20N4O2/c1-15(5-3-6-16)11-8-10(13-9-14-11)12-4-7-17-2/h8-9,16H,3-7H2,1-2H3,(H,12,13,14). The van der Waals surface area contributed by atoms with Gasteiger partial charge in [-0.1, -0.05) is 0 Å². The topological polar surface area (TPSA) is 70.5 Å². The lowest BCUT2D eigenvalue weighted by Gasteiger charge is -2.17. The smallest absolute Gasteiger partial charge is 0.133 e. The molecule has 0 unspecified atom stereocenters. The molecule has 0 radical (unpaired) electrons. The van der Waals surface area contributed by atoms with E-state index < -0.39 is 0 Å². The van der Waals surface area contributed by atoms with Gasteiger partial charge in [0.2, 0.25) is 0 Å². The van der Waals surface area contributed by atoms with Gasteiger partial charge in [-0.25, -0.2) is 9.97 Å². The number of nitrogens with zero attached hydrogens (tertiary/aromatic N) is 3. The van der Waals surface area contributed by atoms with Crippen LogP contribution in [0.15, 0.2) is 12.4 Å². The average molecular weight is 240 g/mol. The summed E-state index contributed by atoms with van der Waals surface area (Å²) in [5, 5.41) is 11.9. The first-order valence-electron chi connectivity index (χ1n) is 5.64. The molecule has 0 atom stereocenters. The highest BCUT2D eigenvalue weighted by atomic mass is 16.5. The number of aromatic nitrogens is 2. The fraction of sp³-hybridized carbons (Fsp3) is 0.636. The second-order valence-corrected chi connectivity index (χ2v) is 3.68. The molecule has 2 N–H and O–H groups in total. The first-order valence-corrected chi connectivity index (χ1v) is 5.64. The van der Waals surface area contributed by atoms with Crippen molar-refractivity contribution in [2.45, 2.75) is 6.42 Å². The maximum Gasteiger partial charge on any atom is 0.133 e. The Hall–Kier alpha value is -1.40. The summed E-state index contributed by atoms with van der Waals surface area (Å²) in [4.78, 5) is 10.3. The summed E-state index contributed by atoms with van der Waals surface area (Å²) in [5.74, 6) is 1.62. The van der Waals surface area contributed by atoms with Gasteiger partial charge in [0, 0.05) is 39.9 Å². The maximum atomic E-state index is 8.77. The molecule has 1 heterocycles. The summed E-state index contributed by atoms with van der Waals surface area (Å²) < 4.78 is 4.95. The van der Waals surface area contributed by atoms with Crippen molar-refractivity contribution >= 4 is 11.6 Å². The molecule has 0 spiro atoms. The molecule has 0 aliphatic carbocycles. The van der Waals surface area contributed by atoms with Crippen molar-refractivity contribution in [3.63, 3.8) is 0 Å². The average Bonchev–Trinajstić information content (AvgIpc) is 2.36. The van der Waals surface area contributed by atoms with Crippen LogP contribution in [0.2, 0.25) is 0 Å². The molecule has 0 aromatic carbocycles. The molecule has 0 saturated carbocycles. The van der Waals surface area contributed by atoms with Crippen molar-refractivity contribution in [3.05, 3.63) is 12.4 Å². The normalized spacial score (nSPS) is 10.3. The van der Waals surface area contributed by atoms with Gasteiger partial charge in [0.1, 0.15) is 18.0 Å². The van der Waals surface area contributed by atoms with Crippen LogP contribution in [0.1, 0.15) is 6.42 Å². The second kappa shape index (κ2) is 7.81. The van der Waals surface area contributed by atoms with Crippen LogP contribution in [0.25, 0.3) is 0 Å². The largest absolute Gasteiger partial charge is 0.396 e. The van der Waals surface area contributed by atoms with Crippen LogP contribution in [-0.2, 0) is 4.74 Å². The fourth-order valence-electron chi connectivity index (χ4n) is 1.36. The number of methoxy groups -OCH3 is 1. The zero-order chi connectivity index (χ0) is 12.5. The van der Waals surface area contributed by atoms with Gasteiger partial charge in [-0.3, -0.25) is 0 Å². The van der Waals surface area contributed by atoms with E-state index in [1.54, 1.807) is 7.11 Å². The van der Waals surface area contributed by atoms with Crippen LogP contribution in [0.3, 0.4) is 0 Å². The van der Waals surface area contributed by atoms with Crippen molar-refractivity contribution in [2.24, 2.45) is 0 Å². The van der Waals surface area contributed by atoms with Crippen LogP contribution >= 0.6 is 0 Å². The highest BCUT2D eigenvalue weighted by Crippen LogP contribution is 2.12. The minimum absolute atomic E-state index is 0.189. The second-order valence-electron chi connectivity index (χ2n) is 3.68. The van der Waals surface area contributed by atoms with E-state index in [-0.39, 0.29) is 6.61 Å². The highest BCUT2D eigenvalue weighted by molar-refractivity contribution is 5.47. The molecule has 17 heavy (non-hydrogen) atoms. The summed E-state index contributed by atoms with van der Waals surface area (Å²) in [6, 6.07) is 1.88. The third kappa shape index (κ3) is 4.97. The SMILES string of the molecule is COCCNc1cc(N(C)CCCO)ncn1. The lowest BCUT2D eigenvalue weighted by Crippen LogP contribution is -2.21. The van der Waals surface area contributed by atoms with Crippen molar-refractivity contribution in [1.29, 1.82) is 0 Å². The predicted octanol–water partition coefficient (Wildman–Crippen LogP) is 0.353. The number of aliphatic hydroxyl groups excluding tert-OH is 1. The molecule has 0 aliphatic rings. The molecule has 0 amide bonds. The lowest BCUT2D eigenvalue weighted by molar-refractivity contribution is 0.210. The van der Waals surface area contributed by atoms with Gasteiger partial charge in [-0.15, -0.1) is 0 Å². The van der Waals surface area contributed by atoms with Crippen LogP contribution in [0.5, 0.6) is 0 Å². The van der Waals surface area contributed by atoms with E-state index in [2.05, 4.69) is 15.3 Å². The monoisotopic (exact) mass is 240 g/mol. The van der Waals surface area contributed by atoms with Gasteiger partial charge in [-0.05, 0) is 6.42 Å². The quantitative estimate of drug-likeness (QED) is 0.639. The summed E-state index contributed by atoms with van der Waals surface area (Å²) in [6.07, 6.45) is 2.26. The number of ether oxygens (including phenoxy) is 1. The molecule has 96 valence electrons. The number of hydrogen-bond acceptors (Lipinski definition) is 6. The third-order valence-electron chi connectivity index (χ3n) is 2.31. The molecule has 6 heteroatoms. The van der Waals surface area contributed by atoms with Crippen molar-refractivity contribution in [2.75, 3.05) is 50.7 Å². The molecule has 1 rings (SSSR count). The molecular weight excluding hydrogens is 220 g/mol. The van der Waals surface area contributed by atoms with Gasteiger partial charge in [0.25, 0.3) is 0 Å². The van der Waals surface area contributed by atoms with E-state index in [1.165, 1.54) is 6.33 Å². The predicted molar refractivity (Wildman–Crippen MR) is 67.4 cm³/mol. The Morgan fingerprint density at radius 3 is 3.00 bits per heavy atom. The van der Waals surface area contributed by atoms with E-state index in [4.69, 9.17) is 9.84 Å². The number of aliphatic hydroxyl groups is 1. The molecule has 0 fully saturated rings. The Labute approximate surface area is 102 Å². The molecule has 0 bridgehead atoms. The van der Waals surface area contributed by atoms with Crippen LogP contribution in [-0.4, -0.2) is 55.5 Å². The zero-order valence-electron chi connectivity index (χ0n) is 10.4. The van der Waals surface area contributed by atoms with E-state index in [0.29, 0.717) is 13.2 Å². The number of anilines is 2. The van der Waals surface area contributed by atoms with Gasteiger partial charge >= 0.3 is 0 Å². The number of rotatable bonds is 8. The molecule has 0 aliphatic heterocycles. The van der Waals surface area contributed by atoms with Gasteiger partial charge in [0.05, 0.1) is 6.61 Å². The van der Waals surface area contributed by atoms with Gasteiger partial charge in [0.15, 0.2) is 0 Å². The Balaban J connectivity index is 2.52. The first-order chi connectivity index (χ1) is 8.27. The minimum Gasteiger partial charge on any atom is -0.396 e.